The summed E-state index contributed by atoms with van der Waals surface area (Å²) in [6.07, 6.45) is 5.60. The summed E-state index contributed by atoms with van der Waals surface area (Å²) < 4.78 is 5.63. The van der Waals surface area contributed by atoms with E-state index in [1.807, 2.05) is 0 Å². The monoisotopic (exact) mass is 126 g/mol. The third kappa shape index (κ3) is 1.10. The Hall–Kier alpha value is -0.0800. The van der Waals surface area contributed by atoms with Crippen LogP contribution in [0.5, 0.6) is 0 Å². The first-order chi connectivity index (χ1) is 4.45. The van der Waals surface area contributed by atoms with Crippen LogP contribution in [0.15, 0.2) is 0 Å². The van der Waals surface area contributed by atoms with E-state index in [2.05, 4.69) is 11.7 Å². The van der Waals surface area contributed by atoms with Crippen molar-refractivity contribution in [1.29, 1.82) is 0 Å². The molecule has 0 aromatic carbocycles. The molecule has 2 aliphatic heterocycles. The molecule has 2 bridgehead atoms. The van der Waals surface area contributed by atoms with Gasteiger partial charge in [-0.25, -0.2) is 0 Å². The topological polar surface area (TPSA) is 21.3 Å². The van der Waals surface area contributed by atoms with Crippen LogP contribution >= 0.6 is 0 Å². The first kappa shape index (κ1) is 5.69. The van der Waals surface area contributed by atoms with Crippen LogP contribution in [0.1, 0.15) is 12.8 Å². The Bertz CT molecular complexity index is 85.1. The van der Waals surface area contributed by atoms with Gasteiger partial charge in [-0.2, -0.15) is 0 Å². The maximum Gasteiger partial charge on any atom is 0.0706 e. The highest BCUT2D eigenvalue weighted by atomic mass is 16.5. The maximum absolute atomic E-state index is 5.63. The van der Waals surface area contributed by atoms with Crippen molar-refractivity contribution in [3.05, 3.63) is 6.42 Å². The maximum atomic E-state index is 5.63. The molecule has 9 heavy (non-hydrogen) atoms. The van der Waals surface area contributed by atoms with E-state index in [0.29, 0.717) is 12.2 Å². The Morgan fingerprint density at radius 2 is 1.89 bits per heavy atom. The average molecular weight is 126 g/mol. The lowest BCUT2D eigenvalue weighted by Gasteiger charge is -2.35. The number of nitrogens with one attached hydrogen (secondary N) is 1. The van der Waals surface area contributed by atoms with Gasteiger partial charge in [-0.1, -0.05) is 0 Å². The van der Waals surface area contributed by atoms with Crippen molar-refractivity contribution in [3.8, 4) is 0 Å². The molecule has 2 fully saturated rings. The highest BCUT2D eigenvalue weighted by molar-refractivity contribution is 4.87. The van der Waals surface area contributed by atoms with Gasteiger partial charge in [0.05, 0.1) is 12.2 Å². The summed E-state index contributed by atoms with van der Waals surface area (Å²) in [5.41, 5.74) is 0. The Morgan fingerprint density at radius 3 is 2.44 bits per heavy atom. The number of ether oxygens (including phenoxy) is 1. The molecular formula is C7H12NO. The van der Waals surface area contributed by atoms with Crippen molar-refractivity contribution >= 4 is 0 Å². The van der Waals surface area contributed by atoms with Crippen molar-refractivity contribution in [2.24, 2.45) is 0 Å². The van der Waals surface area contributed by atoms with Crippen molar-refractivity contribution < 1.29 is 4.74 Å². The molecule has 1 N–H and O–H groups in total. The molecule has 0 aromatic heterocycles. The Labute approximate surface area is 55.6 Å². The molecule has 2 nitrogen and oxygen atoms in total. The summed E-state index contributed by atoms with van der Waals surface area (Å²) in [7, 11) is 0. The quantitative estimate of drug-likeness (QED) is 0.505. The van der Waals surface area contributed by atoms with E-state index in [4.69, 9.17) is 4.74 Å². The minimum atomic E-state index is 0.484. The van der Waals surface area contributed by atoms with Crippen molar-refractivity contribution in [2.45, 2.75) is 25.0 Å². The lowest BCUT2D eigenvalue weighted by molar-refractivity contribution is -0.0552. The summed E-state index contributed by atoms with van der Waals surface area (Å²) in [6.45, 7) is 2.10. The van der Waals surface area contributed by atoms with Crippen LogP contribution in [0.4, 0.5) is 0 Å². The molecule has 2 saturated heterocycles. The molecule has 2 rings (SSSR count). The normalized spacial score (nSPS) is 42.7. The largest absolute Gasteiger partial charge is 0.372 e. The van der Waals surface area contributed by atoms with Crippen LogP contribution < -0.4 is 5.32 Å². The number of fused-ring (bicyclic) bond motifs is 2. The molecular weight excluding hydrogens is 114 g/mol. The second-order valence-corrected chi connectivity index (χ2v) is 2.80. The minimum absolute atomic E-state index is 0.484. The van der Waals surface area contributed by atoms with Crippen molar-refractivity contribution in [2.75, 3.05) is 13.1 Å². The van der Waals surface area contributed by atoms with Gasteiger partial charge in [-0.05, 0) is 19.3 Å². The smallest absolute Gasteiger partial charge is 0.0706 e. The van der Waals surface area contributed by atoms with Gasteiger partial charge in [-0.3, -0.25) is 0 Å². The molecule has 0 unspecified atom stereocenters. The van der Waals surface area contributed by atoms with Gasteiger partial charge < -0.3 is 10.1 Å². The van der Waals surface area contributed by atoms with E-state index < -0.39 is 0 Å². The van der Waals surface area contributed by atoms with Gasteiger partial charge in [0, 0.05) is 13.1 Å². The molecule has 2 heterocycles. The standard InChI is InChI=1S/C7H12NO/c1-2-6-4-8-5-7(3-1)9-6/h1,6-8H,2-5H2/t6-,7+. The molecule has 2 aliphatic rings. The lowest BCUT2D eigenvalue weighted by atomic mass is 10.0. The fourth-order valence-electron chi connectivity index (χ4n) is 1.52. The molecule has 0 saturated carbocycles. The van der Waals surface area contributed by atoms with E-state index in [-0.39, 0.29) is 0 Å². The second kappa shape index (κ2) is 2.27. The highest BCUT2D eigenvalue weighted by Gasteiger charge is 2.25. The van der Waals surface area contributed by atoms with E-state index in [0.717, 1.165) is 25.9 Å². The van der Waals surface area contributed by atoms with Gasteiger partial charge in [0.1, 0.15) is 0 Å². The summed E-state index contributed by atoms with van der Waals surface area (Å²) >= 11 is 0. The van der Waals surface area contributed by atoms with Crippen LogP contribution in [0, 0.1) is 6.42 Å². The van der Waals surface area contributed by atoms with Gasteiger partial charge in [0.15, 0.2) is 0 Å². The van der Waals surface area contributed by atoms with Crippen molar-refractivity contribution in [3.63, 3.8) is 0 Å². The third-order valence-corrected chi connectivity index (χ3v) is 1.99. The molecule has 2 atom stereocenters. The van der Waals surface area contributed by atoms with Gasteiger partial charge in [0.2, 0.25) is 0 Å². The Morgan fingerprint density at radius 1 is 1.22 bits per heavy atom. The van der Waals surface area contributed by atoms with E-state index >= 15 is 0 Å². The summed E-state index contributed by atoms with van der Waals surface area (Å²) in [5.74, 6) is 0. The van der Waals surface area contributed by atoms with E-state index in [1.54, 1.807) is 0 Å². The fraction of sp³-hybridized carbons (Fsp3) is 0.857. The molecule has 0 aromatic rings. The lowest BCUT2D eigenvalue weighted by Crippen LogP contribution is -2.47. The van der Waals surface area contributed by atoms with Crippen LogP contribution in [-0.2, 0) is 4.74 Å². The number of hydrogen-bond acceptors (Lipinski definition) is 2. The van der Waals surface area contributed by atoms with E-state index in [1.165, 1.54) is 0 Å². The first-order valence-electron chi connectivity index (χ1n) is 3.63. The highest BCUT2D eigenvalue weighted by Crippen LogP contribution is 2.19. The molecule has 1 radical (unpaired) electrons. The molecule has 0 amide bonds. The third-order valence-electron chi connectivity index (χ3n) is 1.99. The zero-order chi connectivity index (χ0) is 6.10. The number of morpholine rings is 1. The number of hydrogen-bond donors (Lipinski definition) is 1. The Kier molecular flexibility index (Phi) is 1.44. The van der Waals surface area contributed by atoms with E-state index in [9.17, 15) is 0 Å². The van der Waals surface area contributed by atoms with Crippen molar-refractivity contribution in [1.82, 2.24) is 5.32 Å². The van der Waals surface area contributed by atoms with Crippen LogP contribution in [0.25, 0.3) is 0 Å². The zero-order valence-corrected chi connectivity index (χ0v) is 5.47. The summed E-state index contributed by atoms with van der Waals surface area (Å²) in [4.78, 5) is 0. The summed E-state index contributed by atoms with van der Waals surface area (Å²) in [6, 6.07) is 0. The molecule has 51 valence electrons. The van der Waals surface area contributed by atoms with Gasteiger partial charge >= 0.3 is 0 Å². The van der Waals surface area contributed by atoms with Crippen LogP contribution in [0.3, 0.4) is 0 Å². The SMILES string of the molecule is [CH]1C[C@@H]2CNC[C@H](C1)O2. The molecule has 0 aliphatic carbocycles. The predicted molar refractivity (Wildman–Crippen MR) is 35.1 cm³/mol. The average Bonchev–Trinajstić information content (AvgIpc) is 1.88. The first-order valence-corrected chi connectivity index (χ1v) is 3.63. The number of rotatable bonds is 0. The zero-order valence-electron chi connectivity index (χ0n) is 5.47. The van der Waals surface area contributed by atoms with Gasteiger partial charge in [0.25, 0.3) is 0 Å². The predicted octanol–water partition coefficient (Wildman–Crippen LogP) is 0.341. The van der Waals surface area contributed by atoms with Crippen LogP contribution in [0.2, 0.25) is 0 Å². The summed E-state index contributed by atoms with van der Waals surface area (Å²) in [5, 5.41) is 3.34. The molecule has 2 heteroatoms. The molecule has 0 spiro atoms. The minimum Gasteiger partial charge on any atom is -0.372 e. The fourth-order valence-corrected chi connectivity index (χ4v) is 1.52. The van der Waals surface area contributed by atoms with Gasteiger partial charge in [-0.15, -0.1) is 0 Å². The van der Waals surface area contributed by atoms with Crippen LogP contribution in [-0.4, -0.2) is 25.3 Å². The Balaban J connectivity index is 1.96. The second-order valence-electron chi connectivity index (χ2n) is 2.80.